The highest BCUT2D eigenvalue weighted by Gasteiger charge is 2.48. The maximum Gasteiger partial charge on any atom is 0.233 e. The van der Waals surface area contributed by atoms with Gasteiger partial charge in [-0.05, 0) is 52.9 Å². The fraction of sp³-hybridized carbons (Fsp3) is 0.789. The van der Waals surface area contributed by atoms with Crippen LogP contribution in [-0.2, 0) is 19.2 Å². The molecule has 4 heterocycles. The molecule has 2 N–H and O–H groups in total. The number of nitrogens with zero attached hydrogens (tertiary/aromatic N) is 2. The zero-order valence-electron chi connectivity index (χ0n) is 15.6. The van der Waals surface area contributed by atoms with Crippen LogP contribution in [0.3, 0.4) is 0 Å². The second-order valence-electron chi connectivity index (χ2n) is 8.17. The summed E-state index contributed by atoms with van der Waals surface area (Å²) in [5.41, 5.74) is -0.854. The lowest BCUT2D eigenvalue weighted by Gasteiger charge is -2.36. The second-order valence-corrected chi connectivity index (χ2v) is 8.17. The Bertz CT molecular complexity index is 563. The van der Waals surface area contributed by atoms with Crippen LogP contribution in [0.4, 0.5) is 0 Å². The predicted molar refractivity (Wildman–Crippen MR) is 101 cm³/mol. The summed E-state index contributed by atoms with van der Waals surface area (Å²) >= 11 is 0. The molecule has 0 atom stereocenters. The fourth-order valence-corrected chi connectivity index (χ4v) is 4.24. The first-order valence-electron chi connectivity index (χ1n) is 9.30. The van der Waals surface area contributed by atoms with Gasteiger partial charge in [0.1, 0.15) is 5.54 Å². The summed E-state index contributed by atoms with van der Waals surface area (Å²) in [7, 11) is 4.08. The number of ketones is 1. The Kier molecular flexibility index (Phi) is 6.42. The minimum absolute atomic E-state index is 0. The van der Waals surface area contributed by atoms with Crippen molar-refractivity contribution in [2.75, 3.05) is 40.3 Å². The van der Waals surface area contributed by atoms with E-state index in [2.05, 4.69) is 20.4 Å². The van der Waals surface area contributed by atoms with Gasteiger partial charge in [-0.3, -0.25) is 24.5 Å². The molecule has 8 heteroatoms. The van der Waals surface area contributed by atoms with Gasteiger partial charge in [0, 0.05) is 19.5 Å². The van der Waals surface area contributed by atoms with Gasteiger partial charge in [0.25, 0.3) is 0 Å². The quantitative estimate of drug-likeness (QED) is 0.451. The molecule has 0 aromatic rings. The van der Waals surface area contributed by atoms with Crippen LogP contribution in [0, 0.1) is 5.41 Å². The smallest absolute Gasteiger partial charge is 0.233 e. The number of carbonyl (C=O) groups excluding carboxylic acids is 4. The summed E-state index contributed by atoms with van der Waals surface area (Å²) < 4.78 is 0. The third-order valence-corrected chi connectivity index (χ3v) is 6.25. The van der Waals surface area contributed by atoms with Gasteiger partial charge in [0.05, 0.1) is 11.8 Å². The number of rotatable bonds is 0. The average Bonchev–Trinajstić information content (AvgIpc) is 3.02. The molecule has 27 heavy (non-hydrogen) atoms. The first kappa shape index (κ1) is 21.5. The predicted octanol–water partition coefficient (Wildman–Crippen LogP) is -0.0792. The van der Waals surface area contributed by atoms with Crippen LogP contribution in [0.15, 0.2) is 0 Å². The van der Waals surface area contributed by atoms with E-state index >= 15 is 0 Å². The zero-order valence-corrected chi connectivity index (χ0v) is 15.6. The molecule has 3 amide bonds. The molecule has 8 nitrogen and oxygen atoms in total. The fourth-order valence-electron chi connectivity index (χ4n) is 4.24. The lowest BCUT2D eigenvalue weighted by molar-refractivity contribution is -0.130. The molecule has 0 aliphatic carbocycles. The maximum atomic E-state index is 11.6. The number of likely N-dealkylation sites (tertiary alicyclic amines) is 2. The summed E-state index contributed by atoms with van der Waals surface area (Å²) in [5.74, 6) is -0.166. The Morgan fingerprint density at radius 3 is 1.74 bits per heavy atom. The van der Waals surface area contributed by atoms with E-state index < -0.39 is 5.54 Å². The van der Waals surface area contributed by atoms with Crippen molar-refractivity contribution in [3.63, 3.8) is 0 Å². The topological polar surface area (TPSA) is 98.8 Å². The standard InChI is InChI=1S/2C9H14N2O2.CH4/c1-11-4-2-9(3-5-11)6-7(12)10-8(9)13;1-11-4-2-9(3-5-11)7(12)6-8(13)10-9;/h2-6H2,1H3,(H,10,12,13);2-6H2,1H3,(H,10,13);1H4. The van der Waals surface area contributed by atoms with Crippen LogP contribution in [0.1, 0.15) is 46.0 Å². The molecule has 0 aromatic heterocycles. The molecular weight excluding hydrogens is 348 g/mol. The van der Waals surface area contributed by atoms with Crippen molar-refractivity contribution in [3.05, 3.63) is 0 Å². The van der Waals surface area contributed by atoms with Crippen LogP contribution >= 0.6 is 0 Å². The monoisotopic (exact) mass is 380 g/mol. The number of nitrogens with one attached hydrogen (secondary N) is 2. The van der Waals surface area contributed by atoms with Crippen molar-refractivity contribution in [2.45, 2.75) is 51.5 Å². The molecule has 4 aliphatic heterocycles. The Morgan fingerprint density at radius 2 is 1.33 bits per heavy atom. The van der Waals surface area contributed by atoms with Gasteiger partial charge < -0.3 is 15.1 Å². The Balaban J connectivity index is 0.000000187. The van der Waals surface area contributed by atoms with E-state index in [0.29, 0.717) is 6.42 Å². The number of Topliss-reactive ketones (excluding diaryl/α,β-unsaturated/α-hetero) is 1. The normalized spacial score (nSPS) is 27.0. The van der Waals surface area contributed by atoms with E-state index in [1.807, 2.05) is 14.1 Å². The van der Waals surface area contributed by atoms with E-state index in [1.54, 1.807) is 0 Å². The maximum absolute atomic E-state index is 11.6. The van der Waals surface area contributed by atoms with Crippen molar-refractivity contribution in [3.8, 4) is 0 Å². The van der Waals surface area contributed by atoms with Crippen molar-refractivity contribution < 1.29 is 19.2 Å². The largest absolute Gasteiger partial charge is 0.343 e. The molecule has 4 saturated heterocycles. The molecule has 0 bridgehead atoms. The molecule has 2 spiro atoms. The molecular formula is C19H32N4O4. The molecule has 0 unspecified atom stereocenters. The minimum Gasteiger partial charge on any atom is -0.343 e. The van der Waals surface area contributed by atoms with Gasteiger partial charge in [-0.2, -0.15) is 0 Å². The van der Waals surface area contributed by atoms with Crippen LogP contribution in [0.5, 0.6) is 0 Å². The highest BCUT2D eigenvalue weighted by atomic mass is 16.2. The third kappa shape index (κ3) is 4.38. The molecule has 4 fully saturated rings. The first-order chi connectivity index (χ1) is 12.2. The summed E-state index contributed by atoms with van der Waals surface area (Å²) in [6.45, 7) is 3.62. The molecule has 4 rings (SSSR count). The van der Waals surface area contributed by atoms with E-state index in [4.69, 9.17) is 0 Å². The molecule has 0 saturated carbocycles. The first-order valence-corrected chi connectivity index (χ1v) is 9.30. The van der Waals surface area contributed by atoms with Gasteiger partial charge >= 0.3 is 0 Å². The minimum atomic E-state index is -0.496. The summed E-state index contributed by atoms with van der Waals surface area (Å²) in [5, 5.41) is 5.22. The van der Waals surface area contributed by atoms with Crippen LogP contribution in [-0.4, -0.2) is 79.1 Å². The Labute approximate surface area is 161 Å². The second kappa shape index (κ2) is 8.06. The van der Waals surface area contributed by atoms with E-state index in [9.17, 15) is 19.2 Å². The number of imide groups is 1. The van der Waals surface area contributed by atoms with Crippen molar-refractivity contribution in [1.29, 1.82) is 0 Å². The average molecular weight is 380 g/mol. The summed E-state index contributed by atoms with van der Waals surface area (Å²) in [6, 6.07) is 0. The van der Waals surface area contributed by atoms with Gasteiger partial charge in [0.2, 0.25) is 17.7 Å². The van der Waals surface area contributed by atoms with E-state index in [-0.39, 0.29) is 42.8 Å². The Hall–Kier alpha value is -1.80. The zero-order chi connectivity index (χ0) is 18.9. The van der Waals surface area contributed by atoms with E-state index in [0.717, 1.165) is 51.9 Å². The molecule has 0 aromatic carbocycles. The van der Waals surface area contributed by atoms with Gasteiger partial charge in [-0.15, -0.1) is 0 Å². The molecule has 4 aliphatic rings. The lowest BCUT2D eigenvalue weighted by Crippen LogP contribution is -2.53. The van der Waals surface area contributed by atoms with Crippen LogP contribution in [0.2, 0.25) is 0 Å². The van der Waals surface area contributed by atoms with Crippen molar-refractivity contribution >= 4 is 23.5 Å². The lowest BCUT2D eigenvalue weighted by atomic mass is 9.77. The van der Waals surface area contributed by atoms with Crippen molar-refractivity contribution in [1.82, 2.24) is 20.4 Å². The van der Waals surface area contributed by atoms with Crippen molar-refractivity contribution in [2.24, 2.45) is 5.41 Å². The van der Waals surface area contributed by atoms with Gasteiger partial charge in [-0.25, -0.2) is 0 Å². The Morgan fingerprint density at radius 1 is 0.815 bits per heavy atom. The number of hydrogen-bond acceptors (Lipinski definition) is 6. The number of amides is 3. The summed E-state index contributed by atoms with van der Waals surface area (Å²) in [4.78, 5) is 49.6. The van der Waals surface area contributed by atoms with Crippen LogP contribution in [0.25, 0.3) is 0 Å². The third-order valence-electron chi connectivity index (χ3n) is 6.25. The highest BCUT2D eigenvalue weighted by Crippen LogP contribution is 2.37. The number of hydrogen-bond donors (Lipinski definition) is 2. The number of piperidine rings is 2. The van der Waals surface area contributed by atoms with Gasteiger partial charge in [0.15, 0.2) is 5.78 Å². The molecule has 0 radical (unpaired) electrons. The highest BCUT2D eigenvalue weighted by molar-refractivity contribution is 6.10. The number of carbonyl (C=O) groups is 4. The van der Waals surface area contributed by atoms with Crippen LogP contribution < -0.4 is 10.6 Å². The SMILES string of the molecule is C.CN1CCC2(CC1)CC(=O)NC2=O.CN1CCC2(CC1)NC(=O)CC2=O. The van der Waals surface area contributed by atoms with E-state index in [1.165, 1.54) is 0 Å². The molecule has 152 valence electrons. The summed E-state index contributed by atoms with van der Waals surface area (Å²) in [6.07, 6.45) is 3.67. The van der Waals surface area contributed by atoms with Gasteiger partial charge in [-0.1, -0.05) is 7.43 Å².